The Hall–Kier alpha value is -3.41. The minimum atomic E-state index is -0.228. The molecule has 27 heavy (non-hydrogen) atoms. The van der Waals surface area contributed by atoms with E-state index in [0.717, 1.165) is 23.3 Å². The van der Waals surface area contributed by atoms with Crippen molar-refractivity contribution in [3.63, 3.8) is 0 Å². The molecule has 138 valence electrons. The van der Waals surface area contributed by atoms with Crippen molar-refractivity contribution in [1.29, 1.82) is 0 Å². The Bertz CT molecular complexity index is 884. The number of aromatic nitrogens is 2. The Balaban J connectivity index is 1.54. The van der Waals surface area contributed by atoms with E-state index in [0.29, 0.717) is 24.6 Å². The van der Waals surface area contributed by atoms with Crippen molar-refractivity contribution in [3.05, 3.63) is 83.8 Å². The number of methoxy groups -OCH3 is 1. The predicted octanol–water partition coefficient (Wildman–Crippen LogP) is 3.07. The maximum atomic E-state index is 12.3. The SMILES string of the molecule is COc1ccccc1CCNc1cc(C(=O)NCc2ccccc2)ncn1. The first-order valence-electron chi connectivity index (χ1n) is 8.76. The summed E-state index contributed by atoms with van der Waals surface area (Å²) < 4.78 is 5.36. The third-order valence-electron chi connectivity index (χ3n) is 4.09. The second kappa shape index (κ2) is 9.33. The van der Waals surface area contributed by atoms with Gasteiger partial charge in [-0.3, -0.25) is 4.79 Å². The van der Waals surface area contributed by atoms with E-state index >= 15 is 0 Å². The number of rotatable bonds is 8. The molecule has 3 aromatic rings. The van der Waals surface area contributed by atoms with Gasteiger partial charge < -0.3 is 15.4 Å². The van der Waals surface area contributed by atoms with Crippen LogP contribution in [0.5, 0.6) is 5.75 Å². The van der Waals surface area contributed by atoms with Crippen LogP contribution in [0.25, 0.3) is 0 Å². The van der Waals surface area contributed by atoms with Gasteiger partial charge in [0.1, 0.15) is 23.6 Å². The molecule has 3 rings (SSSR count). The maximum absolute atomic E-state index is 12.3. The van der Waals surface area contributed by atoms with Gasteiger partial charge in [-0.25, -0.2) is 9.97 Å². The summed E-state index contributed by atoms with van der Waals surface area (Å²) in [6.07, 6.45) is 2.17. The van der Waals surface area contributed by atoms with Crippen molar-refractivity contribution in [3.8, 4) is 5.75 Å². The van der Waals surface area contributed by atoms with Crippen LogP contribution in [-0.2, 0) is 13.0 Å². The Morgan fingerprint density at radius 1 is 1.04 bits per heavy atom. The molecule has 0 spiro atoms. The van der Waals surface area contributed by atoms with Crippen LogP contribution in [0.4, 0.5) is 5.82 Å². The third kappa shape index (κ3) is 5.28. The summed E-state index contributed by atoms with van der Waals surface area (Å²) in [4.78, 5) is 20.5. The largest absolute Gasteiger partial charge is 0.496 e. The molecule has 0 radical (unpaired) electrons. The first kappa shape index (κ1) is 18.4. The Kier molecular flexibility index (Phi) is 6.35. The average Bonchev–Trinajstić information content (AvgIpc) is 2.73. The summed E-state index contributed by atoms with van der Waals surface area (Å²) in [6.45, 7) is 1.13. The van der Waals surface area contributed by atoms with Crippen LogP contribution in [0.1, 0.15) is 21.6 Å². The van der Waals surface area contributed by atoms with Crippen LogP contribution in [-0.4, -0.2) is 29.5 Å². The number of para-hydroxylation sites is 1. The van der Waals surface area contributed by atoms with Crippen molar-refractivity contribution in [1.82, 2.24) is 15.3 Å². The smallest absolute Gasteiger partial charge is 0.270 e. The van der Waals surface area contributed by atoms with Gasteiger partial charge in [0, 0.05) is 19.2 Å². The highest BCUT2D eigenvalue weighted by molar-refractivity contribution is 5.92. The van der Waals surface area contributed by atoms with Gasteiger partial charge >= 0.3 is 0 Å². The summed E-state index contributed by atoms with van der Waals surface area (Å²) in [5.41, 5.74) is 2.48. The molecular weight excluding hydrogens is 340 g/mol. The zero-order valence-corrected chi connectivity index (χ0v) is 15.2. The van der Waals surface area contributed by atoms with Crippen molar-refractivity contribution >= 4 is 11.7 Å². The average molecular weight is 362 g/mol. The Labute approximate surface area is 158 Å². The van der Waals surface area contributed by atoms with Crippen LogP contribution in [0, 0.1) is 0 Å². The van der Waals surface area contributed by atoms with E-state index in [2.05, 4.69) is 20.6 Å². The van der Waals surface area contributed by atoms with Crippen LogP contribution < -0.4 is 15.4 Å². The standard InChI is InChI=1S/C21H22N4O2/c1-27-19-10-6-5-9-17(19)11-12-22-20-13-18(24-15-25-20)21(26)23-14-16-7-3-2-4-8-16/h2-10,13,15H,11-12,14H2,1H3,(H,23,26)(H,22,24,25). The highest BCUT2D eigenvalue weighted by Crippen LogP contribution is 2.17. The van der Waals surface area contributed by atoms with E-state index in [4.69, 9.17) is 4.74 Å². The number of nitrogens with zero attached hydrogens (tertiary/aromatic N) is 2. The van der Waals surface area contributed by atoms with Gasteiger partial charge in [0.25, 0.3) is 5.91 Å². The second-order valence-electron chi connectivity index (χ2n) is 5.95. The van der Waals surface area contributed by atoms with Gasteiger partial charge in [-0.1, -0.05) is 48.5 Å². The second-order valence-corrected chi connectivity index (χ2v) is 5.95. The van der Waals surface area contributed by atoms with E-state index in [-0.39, 0.29) is 5.91 Å². The Morgan fingerprint density at radius 2 is 1.81 bits per heavy atom. The van der Waals surface area contributed by atoms with Gasteiger partial charge in [-0.05, 0) is 23.6 Å². The van der Waals surface area contributed by atoms with Gasteiger partial charge in [0.2, 0.25) is 0 Å². The zero-order valence-electron chi connectivity index (χ0n) is 15.2. The molecule has 1 amide bonds. The minimum absolute atomic E-state index is 0.228. The monoisotopic (exact) mass is 362 g/mol. The lowest BCUT2D eigenvalue weighted by atomic mass is 10.1. The molecule has 0 unspecified atom stereocenters. The fourth-order valence-corrected chi connectivity index (χ4v) is 2.68. The molecule has 0 aliphatic rings. The fourth-order valence-electron chi connectivity index (χ4n) is 2.68. The molecule has 1 aromatic heterocycles. The van der Waals surface area contributed by atoms with Crippen molar-refractivity contribution in [2.24, 2.45) is 0 Å². The van der Waals surface area contributed by atoms with Crippen LogP contribution in [0.15, 0.2) is 67.0 Å². The number of ether oxygens (including phenoxy) is 1. The molecule has 6 nitrogen and oxygen atoms in total. The number of nitrogens with one attached hydrogen (secondary N) is 2. The molecule has 0 aliphatic carbocycles. The summed E-state index contributed by atoms with van der Waals surface area (Å²) in [5.74, 6) is 1.25. The van der Waals surface area contributed by atoms with Gasteiger partial charge in [-0.2, -0.15) is 0 Å². The normalized spacial score (nSPS) is 10.3. The van der Waals surface area contributed by atoms with Crippen LogP contribution in [0.2, 0.25) is 0 Å². The molecule has 0 saturated carbocycles. The highest BCUT2D eigenvalue weighted by Gasteiger charge is 2.09. The number of hydrogen-bond donors (Lipinski definition) is 2. The number of hydrogen-bond acceptors (Lipinski definition) is 5. The molecule has 0 saturated heterocycles. The fraction of sp³-hybridized carbons (Fsp3) is 0.190. The van der Waals surface area contributed by atoms with E-state index in [1.54, 1.807) is 13.2 Å². The minimum Gasteiger partial charge on any atom is -0.496 e. The predicted molar refractivity (Wildman–Crippen MR) is 105 cm³/mol. The van der Waals surface area contributed by atoms with Gasteiger partial charge in [0.05, 0.1) is 7.11 Å². The Morgan fingerprint density at radius 3 is 2.63 bits per heavy atom. The van der Waals surface area contributed by atoms with E-state index in [1.807, 2.05) is 54.6 Å². The number of carbonyl (C=O) groups excluding carboxylic acids is 1. The van der Waals surface area contributed by atoms with Crippen molar-refractivity contribution in [2.45, 2.75) is 13.0 Å². The topological polar surface area (TPSA) is 76.1 Å². The van der Waals surface area contributed by atoms with Gasteiger partial charge in [0.15, 0.2) is 0 Å². The lowest BCUT2D eigenvalue weighted by molar-refractivity contribution is 0.0946. The van der Waals surface area contributed by atoms with Crippen LogP contribution in [0.3, 0.4) is 0 Å². The number of amides is 1. The first-order chi connectivity index (χ1) is 13.3. The highest BCUT2D eigenvalue weighted by atomic mass is 16.5. The lowest BCUT2D eigenvalue weighted by Gasteiger charge is -2.10. The maximum Gasteiger partial charge on any atom is 0.270 e. The summed E-state index contributed by atoms with van der Waals surface area (Å²) in [5, 5.41) is 6.09. The zero-order chi connectivity index (χ0) is 18.9. The molecule has 0 fully saturated rings. The molecule has 0 bridgehead atoms. The van der Waals surface area contributed by atoms with Crippen molar-refractivity contribution < 1.29 is 9.53 Å². The molecule has 0 atom stereocenters. The molecular formula is C21H22N4O2. The number of anilines is 1. The first-order valence-corrected chi connectivity index (χ1v) is 8.76. The summed E-state index contributed by atoms with van der Waals surface area (Å²) >= 11 is 0. The van der Waals surface area contributed by atoms with Crippen LogP contribution >= 0.6 is 0 Å². The van der Waals surface area contributed by atoms with Crippen molar-refractivity contribution in [2.75, 3.05) is 19.0 Å². The number of carbonyl (C=O) groups is 1. The van der Waals surface area contributed by atoms with E-state index in [1.165, 1.54) is 6.33 Å². The van der Waals surface area contributed by atoms with Gasteiger partial charge in [-0.15, -0.1) is 0 Å². The summed E-state index contributed by atoms with van der Waals surface area (Å²) in [6, 6.07) is 19.3. The quantitative estimate of drug-likeness (QED) is 0.644. The van der Waals surface area contributed by atoms with E-state index in [9.17, 15) is 4.79 Å². The molecule has 1 heterocycles. The van der Waals surface area contributed by atoms with E-state index < -0.39 is 0 Å². The third-order valence-corrected chi connectivity index (χ3v) is 4.09. The molecule has 2 aromatic carbocycles. The number of benzene rings is 2. The molecule has 2 N–H and O–H groups in total. The molecule has 0 aliphatic heterocycles. The molecule has 6 heteroatoms. The summed E-state index contributed by atoms with van der Waals surface area (Å²) in [7, 11) is 1.66. The lowest BCUT2D eigenvalue weighted by Crippen LogP contribution is -2.24.